The van der Waals surface area contributed by atoms with E-state index in [4.69, 9.17) is 0 Å². The average Bonchev–Trinajstić information content (AvgIpc) is 2.80. The van der Waals surface area contributed by atoms with Gasteiger partial charge in [0.1, 0.15) is 0 Å². The quantitative estimate of drug-likeness (QED) is 0.800. The lowest BCUT2D eigenvalue weighted by Crippen LogP contribution is -2.31. The molecule has 96 valence electrons. The smallest absolute Gasteiger partial charge is 0.0543 e. The molecule has 1 aliphatic rings. The summed E-state index contributed by atoms with van der Waals surface area (Å²) in [6.45, 7) is 6.95. The number of nitrogens with zero attached hydrogens (tertiary/aromatic N) is 3. The third-order valence-corrected chi connectivity index (χ3v) is 3.97. The Kier molecular flexibility index (Phi) is 4.21. The van der Waals surface area contributed by atoms with Crippen LogP contribution >= 0.6 is 0 Å². The van der Waals surface area contributed by atoms with Crippen molar-refractivity contribution in [1.29, 1.82) is 0 Å². The van der Waals surface area contributed by atoms with Gasteiger partial charge in [0.05, 0.1) is 12.2 Å². The normalized spacial score (nSPS) is 20.6. The number of hydrogen-bond acceptors (Lipinski definition) is 2. The van der Waals surface area contributed by atoms with Crippen LogP contribution in [0.2, 0.25) is 0 Å². The molecule has 0 bridgehead atoms. The molecule has 0 spiro atoms. The van der Waals surface area contributed by atoms with Crippen molar-refractivity contribution in [2.24, 2.45) is 0 Å². The molecule has 1 aromatic heterocycles. The minimum Gasteiger partial charge on any atom is -0.306 e. The summed E-state index contributed by atoms with van der Waals surface area (Å²) in [5.41, 5.74) is 1.41. The lowest BCUT2D eigenvalue weighted by Gasteiger charge is -2.29. The molecule has 17 heavy (non-hydrogen) atoms. The molecule has 1 atom stereocenters. The Bertz CT molecular complexity index is 337. The highest BCUT2D eigenvalue weighted by molar-refractivity contribution is 5.10. The first kappa shape index (κ1) is 12.6. The van der Waals surface area contributed by atoms with E-state index in [2.05, 4.69) is 48.0 Å². The van der Waals surface area contributed by atoms with Crippen LogP contribution in [0.25, 0.3) is 0 Å². The summed E-state index contributed by atoms with van der Waals surface area (Å²) >= 11 is 0. The van der Waals surface area contributed by atoms with Gasteiger partial charge >= 0.3 is 0 Å². The highest BCUT2D eigenvalue weighted by Gasteiger charge is 2.19. The second-order valence-corrected chi connectivity index (χ2v) is 5.48. The Labute approximate surface area is 105 Å². The molecule has 0 aliphatic carbocycles. The molecule has 0 aromatic carbocycles. The van der Waals surface area contributed by atoms with Gasteiger partial charge in [-0.2, -0.15) is 5.10 Å². The predicted octanol–water partition coefficient (Wildman–Crippen LogP) is 3.05. The number of rotatable bonds is 4. The molecule has 1 saturated heterocycles. The van der Waals surface area contributed by atoms with Crippen molar-refractivity contribution in [3.63, 3.8) is 0 Å². The third-order valence-electron chi connectivity index (χ3n) is 3.97. The van der Waals surface area contributed by atoms with Crippen LogP contribution in [0, 0.1) is 0 Å². The summed E-state index contributed by atoms with van der Waals surface area (Å²) in [7, 11) is 2.20. The molecule has 2 heterocycles. The molecular formula is C14H25N3. The molecule has 0 radical (unpaired) electrons. The first-order valence-corrected chi connectivity index (χ1v) is 6.93. The standard InChI is InChI=1S/C14H25N3/c1-4-5-12(2)13-10-15-17(11-13)14-6-8-16(3)9-7-14/h10-12,14H,4-9H2,1-3H3. The minimum absolute atomic E-state index is 0.619. The van der Waals surface area contributed by atoms with E-state index in [-0.39, 0.29) is 0 Å². The van der Waals surface area contributed by atoms with Crippen molar-refractivity contribution >= 4 is 0 Å². The first-order valence-electron chi connectivity index (χ1n) is 6.93. The van der Waals surface area contributed by atoms with Gasteiger partial charge in [0.2, 0.25) is 0 Å². The maximum atomic E-state index is 4.57. The fourth-order valence-corrected chi connectivity index (χ4v) is 2.67. The van der Waals surface area contributed by atoms with E-state index in [1.807, 2.05) is 0 Å². The van der Waals surface area contributed by atoms with Crippen LogP contribution in [0.5, 0.6) is 0 Å². The summed E-state index contributed by atoms with van der Waals surface area (Å²) in [6.07, 6.45) is 9.33. The lowest BCUT2D eigenvalue weighted by atomic mass is 10.00. The predicted molar refractivity (Wildman–Crippen MR) is 71.3 cm³/mol. The van der Waals surface area contributed by atoms with Crippen LogP contribution in [0.3, 0.4) is 0 Å². The summed E-state index contributed by atoms with van der Waals surface area (Å²) in [5, 5.41) is 4.57. The van der Waals surface area contributed by atoms with E-state index in [1.54, 1.807) is 0 Å². The fraction of sp³-hybridized carbons (Fsp3) is 0.786. The fourth-order valence-electron chi connectivity index (χ4n) is 2.67. The molecule has 0 N–H and O–H groups in total. The van der Waals surface area contributed by atoms with Crippen molar-refractivity contribution in [3.05, 3.63) is 18.0 Å². The number of hydrogen-bond donors (Lipinski definition) is 0. The molecule has 0 saturated carbocycles. The molecule has 1 unspecified atom stereocenters. The highest BCUT2D eigenvalue weighted by Crippen LogP contribution is 2.25. The Morgan fingerprint density at radius 2 is 2.12 bits per heavy atom. The van der Waals surface area contributed by atoms with Gasteiger partial charge in [0.15, 0.2) is 0 Å². The van der Waals surface area contributed by atoms with Gasteiger partial charge in [0, 0.05) is 6.20 Å². The first-order chi connectivity index (χ1) is 8.20. The van der Waals surface area contributed by atoms with E-state index >= 15 is 0 Å². The lowest BCUT2D eigenvalue weighted by molar-refractivity contribution is 0.212. The molecule has 2 rings (SSSR count). The summed E-state index contributed by atoms with van der Waals surface area (Å²) in [4.78, 5) is 2.40. The topological polar surface area (TPSA) is 21.1 Å². The van der Waals surface area contributed by atoms with Crippen molar-refractivity contribution < 1.29 is 0 Å². The van der Waals surface area contributed by atoms with Crippen molar-refractivity contribution in [2.45, 2.75) is 51.5 Å². The number of piperidine rings is 1. The molecule has 3 nitrogen and oxygen atoms in total. The van der Waals surface area contributed by atoms with E-state index in [9.17, 15) is 0 Å². The highest BCUT2D eigenvalue weighted by atomic mass is 15.3. The van der Waals surface area contributed by atoms with E-state index in [0.717, 1.165) is 0 Å². The average molecular weight is 235 g/mol. The molecular weight excluding hydrogens is 210 g/mol. The maximum absolute atomic E-state index is 4.57. The zero-order valence-corrected chi connectivity index (χ0v) is 11.4. The number of likely N-dealkylation sites (tertiary alicyclic amines) is 1. The monoisotopic (exact) mass is 235 g/mol. The Hall–Kier alpha value is -0.830. The molecule has 1 aromatic rings. The molecule has 1 fully saturated rings. The van der Waals surface area contributed by atoms with Gasteiger partial charge in [-0.05, 0) is 50.9 Å². The van der Waals surface area contributed by atoms with Gasteiger partial charge in [-0.1, -0.05) is 20.3 Å². The SMILES string of the molecule is CCCC(C)c1cnn(C2CCN(C)CC2)c1. The summed E-state index contributed by atoms with van der Waals surface area (Å²) < 4.78 is 2.20. The zero-order chi connectivity index (χ0) is 12.3. The Morgan fingerprint density at radius 1 is 1.41 bits per heavy atom. The van der Waals surface area contributed by atoms with Gasteiger partial charge in [0.25, 0.3) is 0 Å². The van der Waals surface area contributed by atoms with E-state index < -0.39 is 0 Å². The minimum atomic E-state index is 0.619. The van der Waals surface area contributed by atoms with Gasteiger partial charge in [-0.25, -0.2) is 0 Å². The number of aromatic nitrogens is 2. The molecule has 0 amide bonds. The van der Waals surface area contributed by atoms with Crippen LogP contribution in [0.15, 0.2) is 12.4 Å². The second kappa shape index (κ2) is 5.67. The largest absolute Gasteiger partial charge is 0.306 e. The summed E-state index contributed by atoms with van der Waals surface area (Å²) in [5.74, 6) is 0.653. The Balaban J connectivity index is 1.98. The molecule has 3 heteroatoms. The van der Waals surface area contributed by atoms with Crippen molar-refractivity contribution in [3.8, 4) is 0 Å². The Morgan fingerprint density at radius 3 is 2.76 bits per heavy atom. The second-order valence-electron chi connectivity index (χ2n) is 5.48. The third kappa shape index (κ3) is 3.09. The van der Waals surface area contributed by atoms with Crippen molar-refractivity contribution in [1.82, 2.24) is 14.7 Å². The van der Waals surface area contributed by atoms with Crippen LogP contribution < -0.4 is 0 Å². The van der Waals surface area contributed by atoms with E-state index in [1.165, 1.54) is 44.3 Å². The zero-order valence-electron chi connectivity index (χ0n) is 11.4. The van der Waals surface area contributed by atoms with Crippen LogP contribution in [0.1, 0.15) is 57.1 Å². The van der Waals surface area contributed by atoms with Gasteiger partial charge < -0.3 is 4.90 Å². The van der Waals surface area contributed by atoms with E-state index in [0.29, 0.717) is 12.0 Å². The van der Waals surface area contributed by atoms with Crippen LogP contribution in [0.4, 0.5) is 0 Å². The summed E-state index contributed by atoms with van der Waals surface area (Å²) in [6, 6.07) is 0.619. The van der Waals surface area contributed by atoms with Gasteiger partial charge in [-0.3, -0.25) is 4.68 Å². The maximum Gasteiger partial charge on any atom is 0.0543 e. The van der Waals surface area contributed by atoms with Crippen molar-refractivity contribution in [2.75, 3.05) is 20.1 Å². The molecule has 1 aliphatic heterocycles. The van der Waals surface area contributed by atoms with Crippen LogP contribution in [-0.2, 0) is 0 Å². The van der Waals surface area contributed by atoms with Crippen LogP contribution in [-0.4, -0.2) is 34.8 Å². The van der Waals surface area contributed by atoms with Gasteiger partial charge in [-0.15, -0.1) is 0 Å².